The van der Waals surface area contributed by atoms with Crippen LogP contribution in [0.1, 0.15) is 12.3 Å². The Bertz CT molecular complexity index is 533. The number of fused-ring (bicyclic) bond motifs is 1. The van der Waals surface area contributed by atoms with Crippen molar-refractivity contribution in [3.05, 3.63) is 47.1 Å². The minimum absolute atomic E-state index is 0.00949. The van der Waals surface area contributed by atoms with E-state index >= 15 is 0 Å². The standard InChI is InChI=1S/C11H9N3O2/c12-13-7-8(15)5-6-11-14-9-3-1-2-4-10(9)16-11/h1-4,7H,5-6H2/p+1/b8-7-. The van der Waals surface area contributed by atoms with Crippen molar-refractivity contribution >= 4 is 11.1 Å². The van der Waals surface area contributed by atoms with Crippen molar-refractivity contribution in [2.75, 3.05) is 0 Å². The van der Waals surface area contributed by atoms with Crippen molar-refractivity contribution in [1.82, 2.24) is 4.98 Å². The summed E-state index contributed by atoms with van der Waals surface area (Å²) in [4.78, 5) is 6.97. The smallest absolute Gasteiger partial charge is 0.387 e. The Morgan fingerprint density at radius 2 is 2.31 bits per heavy atom. The van der Waals surface area contributed by atoms with E-state index in [0.29, 0.717) is 18.7 Å². The van der Waals surface area contributed by atoms with Crippen molar-refractivity contribution < 1.29 is 9.52 Å². The minimum atomic E-state index is -0.00949. The number of aryl methyl sites for hydroxylation is 1. The average molecular weight is 216 g/mol. The summed E-state index contributed by atoms with van der Waals surface area (Å²) in [7, 11) is 0. The molecule has 1 N–H and O–H groups in total. The van der Waals surface area contributed by atoms with Crippen molar-refractivity contribution in [3.8, 4) is 0 Å². The number of benzene rings is 1. The molecule has 0 bridgehead atoms. The zero-order valence-corrected chi connectivity index (χ0v) is 8.50. The lowest BCUT2D eigenvalue weighted by atomic mass is 10.3. The number of aromatic nitrogens is 1. The fraction of sp³-hybridized carbons (Fsp3) is 0.182. The third-order valence-electron chi connectivity index (χ3n) is 2.14. The zero-order chi connectivity index (χ0) is 11.4. The Hall–Kier alpha value is -2.35. The fourth-order valence-corrected chi connectivity index (χ4v) is 1.39. The van der Waals surface area contributed by atoms with Gasteiger partial charge >= 0.3 is 6.20 Å². The van der Waals surface area contributed by atoms with Gasteiger partial charge in [-0.2, -0.15) is 0 Å². The Labute approximate surface area is 91.7 Å². The average Bonchev–Trinajstić information content (AvgIpc) is 2.69. The highest BCUT2D eigenvalue weighted by Crippen LogP contribution is 2.16. The number of aliphatic hydroxyl groups is 1. The number of hydrogen-bond acceptors (Lipinski definition) is 4. The van der Waals surface area contributed by atoms with Crippen molar-refractivity contribution in [2.24, 2.45) is 0 Å². The van der Waals surface area contributed by atoms with Crippen LogP contribution in [-0.2, 0) is 6.42 Å². The van der Waals surface area contributed by atoms with Gasteiger partial charge in [0, 0.05) is 12.8 Å². The van der Waals surface area contributed by atoms with Gasteiger partial charge in [-0.15, -0.1) is 0 Å². The van der Waals surface area contributed by atoms with Crippen LogP contribution in [0.5, 0.6) is 0 Å². The summed E-state index contributed by atoms with van der Waals surface area (Å²) in [5.41, 5.74) is 1.53. The van der Waals surface area contributed by atoms with Gasteiger partial charge in [-0.05, 0) is 12.1 Å². The predicted octanol–water partition coefficient (Wildman–Crippen LogP) is 3.01. The van der Waals surface area contributed by atoms with Crippen LogP contribution in [0.15, 0.2) is 40.6 Å². The SMILES string of the molecule is N#[N+]/C=C(\O)CCc1nc2ccccc2o1. The van der Waals surface area contributed by atoms with Crippen LogP contribution in [0, 0.1) is 5.39 Å². The molecule has 0 aliphatic carbocycles. The van der Waals surface area contributed by atoms with Crippen LogP contribution in [0.3, 0.4) is 0 Å². The van der Waals surface area contributed by atoms with Crippen LogP contribution in [0.2, 0.25) is 0 Å². The number of nitrogens with zero attached hydrogens (tertiary/aromatic N) is 3. The fourth-order valence-electron chi connectivity index (χ4n) is 1.39. The van der Waals surface area contributed by atoms with Gasteiger partial charge in [0.25, 0.3) is 0 Å². The van der Waals surface area contributed by atoms with E-state index in [9.17, 15) is 5.11 Å². The topological polar surface area (TPSA) is 74.4 Å². The first-order valence-corrected chi connectivity index (χ1v) is 4.86. The molecular weight excluding hydrogens is 206 g/mol. The second-order valence-electron chi connectivity index (χ2n) is 3.31. The van der Waals surface area contributed by atoms with Crippen LogP contribution in [-0.4, -0.2) is 10.1 Å². The maximum atomic E-state index is 9.22. The normalized spacial score (nSPS) is 11.6. The highest BCUT2D eigenvalue weighted by atomic mass is 16.3. The molecule has 2 rings (SSSR count). The summed E-state index contributed by atoms with van der Waals surface area (Å²) in [6, 6.07) is 7.46. The van der Waals surface area contributed by atoms with Crippen molar-refractivity contribution in [3.63, 3.8) is 0 Å². The number of aliphatic hydroxyl groups excluding tert-OH is 1. The number of diazo groups is 1. The molecule has 2 aromatic rings. The predicted molar refractivity (Wildman–Crippen MR) is 58.1 cm³/mol. The zero-order valence-electron chi connectivity index (χ0n) is 8.50. The molecular formula is C11H10N3O2+. The maximum absolute atomic E-state index is 9.22. The van der Waals surface area contributed by atoms with Crippen LogP contribution in [0.25, 0.3) is 16.1 Å². The summed E-state index contributed by atoms with van der Waals surface area (Å²) in [6.45, 7) is 0. The monoisotopic (exact) mass is 216 g/mol. The Morgan fingerprint density at radius 1 is 1.50 bits per heavy atom. The van der Waals surface area contributed by atoms with E-state index in [-0.39, 0.29) is 5.76 Å². The third kappa shape index (κ3) is 2.17. The maximum Gasteiger partial charge on any atom is 0.387 e. The highest BCUT2D eigenvalue weighted by molar-refractivity contribution is 5.72. The number of para-hydroxylation sites is 2. The Balaban J connectivity index is 2.11. The Kier molecular flexibility index (Phi) is 2.83. The minimum Gasteiger partial charge on any atom is -0.505 e. The first kappa shape index (κ1) is 10.2. The quantitative estimate of drug-likeness (QED) is 0.632. The summed E-state index contributed by atoms with van der Waals surface area (Å²) in [6.07, 6.45) is 1.78. The lowest BCUT2D eigenvalue weighted by Crippen LogP contribution is -1.87. The van der Waals surface area contributed by atoms with E-state index in [4.69, 9.17) is 9.81 Å². The largest absolute Gasteiger partial charge is 0.505 e. The molecule has 5 nitrogen and oxygen atoms in total. The van der Waals surface area contributed by atoms with Gasteiger partial charge < -0.3 is 9.52 Å². The Morgan fingerprint density at radius 3 is 3.06 bits per heavy atom. The van der Waals surface area contributed by atoms with Gasteiger partial charge in [-0.3, -0.25) is 0 Å². The van der Waals surface area contributed by atoms with Gasteiger partial charge in [-0.25, -0.2) is 4.98 Å². The van der Waals surface area contributed by atoms with Crippen LogP contribution >= 0.6 is 0 Å². The van der Waals surface area contributed by atoms with Gasteiger partial charge in [0.2, 0.25) is 5.39 Å². The van der Waals surface area contributed by atoms with Crippen molar-refractivity contribution in [1.29, 1.82) is 5.39 Å². The van der Waals surface area contributed by atoms with E-state index in [0.717, 1.165) is 17.3 Å². The molecule has 1 heterocycles. The molecule has 0 spiro atoms. The molecule has 5 heteroatoms. The number of rotatable bonds is 3. The van der Waals surface area contributed by atoms with Gasteiger partial charge in [0.05, 0.1) is 0 Å². The molecule has 1 aromatic heterocycles. The van der Waals surface area contributed by atoms with E-state index in [1.54, 1.807) is 0 Å². The number of hydrogen-bond donors (Lipinski definition) is 1. The van der Waals surface area contributed by atoms with Crippen molar-refractivity contribution in [2.45, 2.75) is 12.8 Å². The molecule has 0 amide bonds. The number of allylic oxidation sites excluding steroid dienone is 1. The summed E-state index contributed by atoms with van der Waals surface area (Å²) >= 11 is 0. The molecule has 16 heavy (non-hydrogen) atoms. The van der Waals surface area contributed by atoms with E-state index in [1.807, 2.05) is 24.3 Å². The molecule has 0 fully saturated rings. The third-order valence-corrected chi connectivity index (χ3v) is 2.14. The molecule has 0 aliphatic heterocycles. The molecule has 0 unspecified atom stereocenters. The second-order valence-corrected chi connectivity index (χ2v) is 3.31. The van der Waals surface area contributed by atoms with E-state index in [1.165, 1.54) is 0 Å². The van der Waals surface area contributed by atoms with Gasteiger partial charge in [0.1, 0.15) is 5.52 Å². The first-order valence-electron chi connectivity index (χ1n) is 4.86. The van der Waals surface area contributed by atoms with Gasteiger partial charge in [0.15, 0.2) is 22.2 Å². The lowest BCUT2D eigenvalue weighted by Gasteiger charge is -1.90. The van der Waals surface area contributed by atoms with Gasteiger partial charge in [-0.1, -0.05) is 12.1 Å². The molecule has 1 aromatic carbocycles. The van der Waals surface area contributed by atoms with Crippen LogP contribution in [0.4, 0.5) is 0 Å². The summed E-state index contributed by atoms with van der Waals surface area (Å²) in [5.74, 6) is 0.545. The lowest BCUT2D eigenvalue weighted by molar-refractivity contribution is 0.380. The first-order chi connectivity index (χ1) is 7.79. The molecule has 0 aliphatic rings. The second kappa shape index (κ2) is 4.45. The summed E-state index contributed by atoms with van der Waals surface area (Å²) < 4.78 is 5.45. The highest BCUT2D eigenvalue weighted by Gasteiger charge is 2.07. The molecule has 0 saturated carbocycles. The molecule has 80 valence electrons. The summed E-state index contributed by atoms with van der Waals surface area (Å²) in [5, 5.41) is 17.4. The van der Waals surface area contributed by atoms with E-state index in [2.05, 4.69) is 9.96 Å². The van der Waals surface area contributed by atoms with E-state index < -0.39 is 0 Å². The molecule has 0 saturated heterocycles. The molecule has 0 atom stereocenters. The van der Waals surface area contributed by atoms with Crippen LogP contribution < -0.4 is 0 Å². The number of oxazole rings is 1. The molecule has 0 radical (unpaired) electrons.